The van der Waals surface area contributed by atoms with Crippen LogP contribution in [0.25, 0.3) is 5.69 Å². The average molecular weight is 547 g/mol. The van der Waals surface area contributed by atoms with Crippen LogP contribution in [0.1, 0.15) is 72.2 Å². The molecule has 2 heterocycles. The molecule has 1 aromatic carbocycles. The molecule has 1 aromatic heterocycles. The monoisotopic (exact) mass is 545 g/mol. The SMILES string of the molecule is CC(C)[Si]1(C(C)C)Oc2c(Cl)cc(-n3nc(C(C)(C)C)cc3NC(=O)OCC(Cl)Cl)cc2C1C. The summed E-state index contributed by atoms with van der Waals surface area (Å²) in [5.74, 6) is 1.24. The quantitative estimate of drug-likeness (QED) is 0.295. The van der Waals surface area contributed by atoms with Crippen LogP contribution in [0.4, 0.5) is 10.6 Å². The van der Waals surface area contributed by atoms with Gasteiger partial charge in [0, 0.05) is 17.0 Å². The van der Waals surface area contributed by atoms with Gasteiger partial charge in [0.25, 0.3) is 8.32 Å². The number of halogens is 3. The van der Waals surface area contributed by atoms with Gasteiger partial charge in [0.15, 0.2) is 0 Å². The molecule has 6 nitrogen and oxygen atoms in total. The maximum Gasteiger partial charge on any atom is 0.412 e. The molecule has 0 saturated carbocycles. The predicted octanol–water partition coefficient (Wildman–Crippen LogP) is 7.98. The minimum Gasteiger partial charge on any atom is -0.541 e. The average Bonchev–Trinajstić information content (AvgIpc) is 3.27. The van der Waals surface area contributed by atoms with E-state index in [-0.39, 0.29) is 17.6 Å². The molecule has 0 saturated heterocycles. The minimum absolute atomic E-state index is 0.119. The highest BCUT2D eigenvalue weighted by molar-refractivity contribution is 6.79. The first-order chi connectivity index (χ1) is 15.7. The van der Waals surface area contributed by atoms with E-state index in [1.807, 2.05) is 12.1 Å². The molecule has 1 unspecified atom stereocenters. The molecule has 3 rings (SSSR count). The van der Waals surface area contributed by atoms with Crippen LogP contribution < -0.4 is 9.74 Å². The first-order valence-electron chi connectivity index (χ1n) is 11.5. The van der Waals surface area contributed by atoms with Crippen LogP contribution in [0.5, 0.6) is 5.75 Å². The molecule has 0 spiro atoms. The number of aromatic nitrogens is 2. The van der Waals surface area contributed by atoms with Crippen molar-refractivity contribution in [3.8, 4) is 11.4 Å². The summed E-state index contributed by atoms with van der Waals surface area (Å²) in [7, 11) is -2.17. The Bertz CT molecular complexity index is 1060. The second-order valence-corrected chi connectivity index (χ2v) is 17.3. The topological polar surface area (TPSA) is 65.4 Å². The van der Waals surface area contributed by atoms with Crippen LogP contribution in [-0.4, -0.2) is 35.6 Å². The van der Waals surface area contributed by atoms with Gasteiger partial charge < -0.3 is 9.16 Å². The fourth-order valence-corrected chi connectivity index (χ4v) is 10.6. The molecule has 0 fully saturated rings. The summed E-state index contributed by atoms with van der Waals surface area (Å²) < 4.78 is 13.5. The molecule has 1 atom stereocenters. The van der Waals surface area contributed by atoms with Crippen molar-refractivity contribution in [1.29, 1.82) is 0 Å². The van der Waals surface area contributed by atoms with Crippen LogP contribution in [-0.2, 0) is 10.2 Å². The molecule has 188 valence electrons. The van der Waals surface area contributed by atoms with Crippen LogP contribution >= 0.6 is 34.8 Å². The summed E-state index contributed by atoms with van der Waals surface area (Å²) in [6.45, 7) is 17.3. The van der Waals surface area contributed by atoms with Gasteiger partial charge in [-0.1, -0.05) is 67.0 Å². The van der Waals surface area contributed by atoms with Gasteiger partial charge in [0.2, 0.25) is 0 Å². The number of nitrogens with one attached hydrogen (secondary N) is 1. The Morgan fingerprint density at radius 3 is 2.35 bits per heavy atom. The lowest BCUT2D eigenvalue weighted by molar-refractivity contribution is 0.166. The molecule has 0 aliphatic carbocycles. The zero-order valence-corrected chi connectivity index (χ0v) is 24.3. The molecule has 0 radical (unpaired) electrons. The molecule has 1 N–H and O–H groups in total. The van der Waals surface area contributed by atoms with E-state index >= 15 is 0 Å². The van der Waals surface area contributed by atoms with Crippen LogP contribution in [0, 0.1) is 0 Å². The normalized spacial score (nSPS) is 17.3. The Hall–Kier alpha value is -1.41. The number of carbonyl (C=O) groups excluding carboxylic acids is 1. The molecular weight excluding hydrogens is 513 g/mol. The van der Waals surface area contributed by atoms with Crippen LogP contribution in [0.2, 0.25) is 16.1 Å². The number of nitrogens with zero attached hydrogens (tertiary/aromatic N) is 2. The third kappa shape index (κ3) is 5.08. The Labute approximate surface area is 218 Å². The molecule has 1 amide bonds. The summed E-state index contributed by atoms with van der Waals surface area (Å²) in [5, 5.41) is 8.11. The molecule has 2 aromatic rings. The van der Waals surface area contributed by atoms with E-state index in [1.54, 1.807) is 4.68 Å². The highest BCUT2D eigenvalue weighted by Crippen LogP contribution is 2.54. The smallest absolute Gasteiger partial charge is 0.412 e. The Kier molecular flexibility index (Phi) is 7.93. The molecule has 0 bridgehead atoms. The maximum atomic E-state index is 12.4. The number of hydrogen-bond acceptors (Lipinski definition) is 4. The highest BCUT2D eigenvalue weighted by Gasteiger charge is 2.54. The van der Waals surface area contributed by atoms with Crippen molar-refractivity contribution in [3.63, 3.8) is 0 Å². The number of ether oxygens (including phenoxy) is 1. The van der Waals surface area contributed by atoms with Gasteiger partial charge >= 0.3 is 6.09 Å². The summed E-state index contributed by atoms with van der Waals surface area (Å²) >= 11 is 18.2. The van der Waals surface area contributed by atoms with Gasteiger partial charge in [-0.15, -0.1) is 23.2 Å². The van der Waals surface area contributed by atoms with Crippen molar-refractivity contribution in [1.82, 2.24) is 9.78 Å². The third-order valence-electron chi connectivity index (χ3n) is 6.58. The van der Waals surface area contributed by atoms with Crippen LogP contribution in [0.15, 0.2) is 18.2 Å². The number of alkyl halides is 2. The predicted molar refractivity (Wildman–Crippen MR) is 143 cm³/mol. The summed E-state index contributed by atoms with van der Waals surface area (Å²) in [4.78, 5) is 11.6. The van der Waals surface area contributed by atoms with Gasteiger partial charge in [-0.05, 0) is 28.8 Å². The Balaban J connectivity index is 2.08. The second kappa shape index (κ2) is 9.92. The fourth-order valence-electron chi connectivity index (χ4n) is 4.87. The Morgan fingerprint density at radius 2 is 1.82 bits per heavy atom. The van der Waals surface area contributed by atoms with Crippen molar-refractivity contribution in [2.45, 2.75) is 82.3 Å². The second-order valence-electron chi connectivity index (χ2n) is 10.5. The lowest BCUT2D eigenvalue weighted by atomic mass is 9.92. The van der Waals surface area contributed by atoms with E-state index in [2.05, 4.69) is 66.8 Å². The summed E-state index contributed by atoms with van der Waals surface area (Å²) in [5.41, 5.74) is 3.50. The molecule has 1 aliphatic heterocycles. The minimum atomic E-state index is -2.17. The summed E-state index contributed by atoms with van der Waals surface area (Å²) in [6.07, 6.45) is -0.664. The largest absolute Gasteiger partial charge is 0.541 e. The van der Waals surface area contributed by atoms with Crippen molar-refractivity contribution in [3.05, 3.63) is 34.5 Å². The van der Waals surface area contributed by atoms with Gasteiger partial charge in [-0.25, -0.2) is 9.48 Å². The molecular formula is C24H34Cl3N3O3Si. The number of benzene rings is 1. The third-order valence-corrected chi connectivity index (χ3v) is 12.9. The first kappa shape index (κ1) is 27.2. The highest BCUT2D eigenvalue weighted by atomic mass is 35.5. The number of amides is 1. The van der Waals surface area contributed by atoms with Crippen molar-refractivity contribution in [2.24, 2.45) is 0 Å². The van der Waals surface area contributed by atoms with E-state index in [4.69, 9.17) is 49.1 Å². The standard InChI is InChI=1S/C24H34Cl3N3O3Si/c1-13(2)34(14(3)4)15(5)17-9-16(10-18(25)22(17)33-34)30-21(11-19(29-30)24(6,7)8)28-23(31)32-12-20(26)27/h9-11,13-15,20H,12H2,1-8H3,(H,28,31). The van der Waals surface area contributed by atoms with Crippen molar-refractivity contribution in [2.75, 3.05) is 11.9 Å². The molecule has 34 heavy (non-hydrogen) atoms. The van der Waals surface area contributed by atoms with Crippen molar-refractivity contribution >= 4 is 55.0 Å². The van der Waals surface area contributed by atoms with Gasteiger partial charge in [-0.3, -0.25) is 5.32 Å². The van der Waals surface area contributed by atoms with Crippen molar-refractivity contribution < 1.29 is 14.0 Å². The lowest BCUT2D eigenvalue weighted by Gasteiger charge is -2.37. The van der Waals surface area contributed by atoms with E-state index in [0.29, 0.717) is 21.9 Å². The molecule has 10 heteroatoms. The van der Waals surface area contributed by atoms with E-state index in [1.165, 1.54) is 0 Å². The molecule has 1 aliphatic rings. The number of fused-ring (bicyclic) bond motifs is 1. The van der Waals surface area contributed by atoms with Gasteiger partial charge in [-0.2, -0.15) is 5.10 Å². The van der Waals surface area contributed by atoms with E-state index in [9.17, 15) is 4.79 Å². The first-order valence-corrected chi connectivity index (χ1v) is 14.9. The zero-order valence-electron chi connectivity index (χ0n) is 21.0. The van der Waals surface area contributed by atoms with Crippen LogP contribution in [0.3, 0.4) is 0 Å². The number of hydrogen-bond donors (Lipinski definition) is 1. The Morgan fingerprint density at radius 1 is 1.21 bits per heavy atom. The zero-order chi connectivity index (χ0) is 25.6. The lowest BCUT2D eigenvalue weighted by Crippen LogP contribution is -2.49. The maximum absolute atomic E-state index is 12.4. The number of carbonyl (C=O) groups is 1. The fraction of sp³-hybridized carbons (Fsp3) is 0.583. The van der Waals surface area contributed by atoms with E-state index in [0.717, 1.165) is 22.7 Å². The van der Waals surface area contributed by atoms with Gasteiger partial charge in [0.1, 0.15) is 23.0 Å². The number of rotatable bonds is 6. The van der Waals surface area contributed by atoms with E-state index < -0.39 is 19.2 Å². The number of anilines is 1. The van der Waals surface area contributed by atoms with Gasteiger partial charge in [0.05, 0.1) is 16.4 Å². The summed E-state index contributed by atoms with van der Waals surface area (Å²) in [6, 6.07) is 5.75.